The van der Waals surface area contributed by atoms with Crippen molar-refractivity contribution in [2.75, 3.05) is 40.5 Å². The maximum atomic E-state index is 11.9. The fourth-order valence-electron chi connectivity index (χ4n) is 3.57. The summed E-state index contributed by atoms with van der Waals surface area (Å²) in [6.45, 7) is -2.41. The Labute approximate surface area is 187 Å². The van der Waals surface area contributed by atoms with E-state index in [-0.39, 0.29) is 42.9 Å². The van der Waals surface area contributed by atoms with Crippen LogP contribution >= 0.6 is 6.72 Å². The number of imide groups is 1. The van der Waals surface area contributed by atoms with Gasteiger partial charge in [0, 0.05) is 57.9 Å². The van der Waals surface area contributed by atoms with E-state index in [9.17, 15) is 19.3 Å². The third kappa shape index (κ3) is 7.64. The Morgan fingerprint density at radius 3 is 2.55 bits per heavy atom. The highest BCUT2D eigenvalue weighted by Gasteiger charge is 2.44. The molecule has 0 aliphatic carbocycles. The summed E-state index contributed by atoms with van der Waals surface area (Å²) in [5.74, 6) is -0.828. The average Bonchev–Trinajstić information content (AvgIpc) is 3.18. The van der Waals surface area contributed by atoms with Gasteiger partial charge in [0.1, 0.15) is 20.1 Å². The molecule has 14 heteroatoms. The number of urea groups is 1. The van der Waals surface area contributed by atoms with Crippen LogP contribution in [0.25, 0.3) is 0 Å². The number of hydrogen-bond acceptors (Lipinski definition) is 8. The third-order valence-electron chi connectivity index (χ3n) is 5.12. The van der Waals surface area contributed by atoms with Crippen LogP contribution in [0.3, 0.4) is 0 Å². The summed E-state index contributed by atoms with van der Waals surface area (Å²) in [6.07, 6.45) is 2.84. The molecule has 1 saturated heterocycles. The Kier molecular flexibility index (Phi) is 10.1. The van der Waals surface area contributed by atoms with Gasteiger partial charge < -0.3 is 34.0 Å². The first-order chi connectivity index (χ1) is 14.7. The van der Waals surface area contributed by atoms with Gasteiger partial charge in [-0.25, -0.2) is 4.79 Å². The minimum Gasteiger partial charge on any atom is -0.382 e. The number of amides is 4. The van der Waals surface area contributed by atoms with Crippen LogP contribution in [0.4, 0.5) is 4.79 Å². The fraction of sp³-hybridized carbons (Fsp3) is 0.706. The Bertz CT molecular complexity index is 724. The molecule has 4 amide bonds. The lowest BCUT2D eigenvalue weighted by atomic mass is 9.82. The van der Waals surface area contributed by atoms with E-state index >= 15 is 0 Å². The molecule has 3 N–H and O–H groups in total. The van der Waals surface area contributed by atoms with Gasteiger partial charge in [0.15, 0.2) is 0 Å². The number of nitrogens with one attached hydrogen (secondary N) is 2. The van der Waals surface area contributed by atoms with Crippen LogP contribution in [-0.4, -0.2) is 94.2 Å². The molecule has 0 radical (unpaired) electrons. The smallest absolute Gasteiger partial charge is 0.324 e. The average molecular weight is 477 g/mol. The second kappa shape index (κ2) is 12.1. The molecule has 0 bridgehead atoms. The van der Waals surface area contributed by atoms with Gasteiger partial charge in [-0.05, 0) is 24.6 Å². The number of rotatable bonds is 12. The summed E-state index contributed by atoms with van der Waals surface area (Å²) >= 11 is 4.99. The van der Waals surface area contributed by atoms with Crippen LogP contribution in [0.15, 0.2) is 12.2 Å². The van der Waals surface area contributed by atoms with Crippen molar-refractivity contribution in [1.82, 2.24) is 15.5 Å². The zero-order chi connectivity index (χ0) is 23.0. The van der Waals surface area contributed by atoms with Crippen molar-refractivity contribution < 1.29 is 37.8 Å². The van der Waals surface area contributed by atoms with Crippen molar-refractivity contribution in [3.05, 3.63) is 12.2 Å². The molecule has 0 spiro atoms. The van der Waals surface area contributed by atoms with Crippen LogP contribution in [0, 0.1) is 5.92 Å². The number of carbonyl (C=O) groups excluding carboxylic acids is 3. The van der Waals surface area contributed by atoms with E-state index in [0.29, 0.717) is 26.0 Å². The predicted octanol–water partition coefficient (Wildman–Crippen LogP) is -1.14. The topological polar surface area (TPSA) is 136 Å². The van der Waals surface area contributed by atoms with Crippen molar-refractivity contribution in [3.8, 4) is 0 Å². The van der Waals surface area contributed by atoms with E-state index in [1.54, 1.807) is 7.11 Å². The van der Waals surface area contributed by atoms with Gasteiger partial charge in [-0.1, -0.05) is 0 Å². The van der Waals surface area contributed by atoms with E-state index in [1.807, 2.05) is 7.85 Å². The molecule has 2 aliphatic heterocycles. The Morgan fingerprint density at radius 1 is 1.29 bits per heavy atom. The number of carbonyl (C=O) groups is 3. The minimum absolute atomic E-state index is 0.0608. The number of ether oxygens (including phenoxy) is 2. The molecule has 31 heavy (non-hydrogen) atoms. The van der Waals surface area contributed by atoms with Crippen LogP contribution < -0.4 is 10.6 Å². The molecule has 11 nitrogen and oxygen atoms in total. The van der Waals surface area contributed by atoms with Crippen molar-refractivity contribution in [1.29, 1.82) is 0 Å². The highest BCUT2D eigenvalue weighted by molar-refractivity contribution is 8.07. The lowest BCUT2D eigenvalue weighted by molar-refractivity contribution is -0.136. The molecule has 0 aromatic heterocycles. The lowest BCUT2D eigenvalue weighted by Gasteiger charge is -2.27. The second-order valence-electron chi connectivity index (χ2n) is 7.21. The maximum absolute atomic E-state index is 11.9. The first-order valence-corrected chi connectivity index (χ1v) is 12.5. The summed E-state index contributed by atoms with van der Waals surface area (Å²) < 4.78 is 21.7. The van der Waals surface area contributed by atoms with Gasteiger partial charge in [0.25, 0.3) is 11.8 Å². The SMILES string of the molecule is B[C@@H]1O[C@H](COC)C(OP(O)(=S)OC)[C@@H]1CCCNC(=O)NCCN1C(=O)C=CC1=O. The van der Waals surface area contributed by atoms with Crippen molar-refractivity contribution in [3.63, 3.8) is 0 Å². The van der Waals surface area contributed by atoms with Gasteiger partial charge >= 0.3 is 12.7 Å². The molecule has 0 saturated carbocycles. The Hall–Kier alpha value is -1.34. The van der Waals surface area contributed by atoms with Gasteiger partial charge in [-0.15, -0.1) is 0 Å². The largest absolute Gasteiger partial charge is 0.382 e. The summed E-state index contributed by atoms with van der Waals surface area (Å²) in [7, 11) is 4.77. The van der Waals surface area contributed by atoms with Crippen LogP contribution in [-0.2, 0) is 39.9 Å². The Morgan fingerprint density at radius 2 is 1.94 bits per heavy atom. The predicted molar refractivity (Wildman–Crippen MR) is 117 cm³/mol. The summed E-state index contributed by atoms with van der Waals surface area (Å²) in [4.78, 5) is 46.0. The molecule has 5 atom stereocenters. The first kappa shape index (κ1) is 25.9. The lowest BCUT2D eigenvalue weighted by Crippen LogP contribution is -2.42. The fourth-order valence-corrected chi connectivity index (χ4v) is 4.56. The summed E-state index contributed by atoms with van der Waals surface area (Å²) in [5, 5.41) is 5.34. The van der Waals surface area contributed by atoms with E-state index in [1.165, 1.54) is 19.3 Å². The van der Waals surface area contributed by atoms with Crippen LogP contribution in [0.5, 0.6) is 0 Å². The zero-order valence-electron chi connectivity index (χ0n) is 17.8. The maximum Gasteiger partial charge on any atom is 0.324 e. The van der Waals surface area contributed by atoms with Crippen molar-refractivity contribution in [2.24, 2.45) is 5.92 Å². The van der Waals surface area contributed by atoms with E-state index in [0.717, 1.165) is 4.90 Å². The molecule has 2 unspecified atom stereocenters. The van der Waals surface area contributed by atoms with E-state index < -0.39 is 18.9 Å². The molecular weight excluding hydrogens is 448 g/mol. The Balaban J connectivity index is 1.73. The molecule has 1 fully saturated rings. The molecule has 2 heterocycles. The number of nitrogens with zero attached hydrogens (tertiary/aromatic N) is 1. The molecule has 2 rings (SSSR count). The van der Waals surface area contributed by atoms with E-state index in [4.69, 9.17) is 30.3 Å². The van der Waals surface area contributed by atoms with Crippen molar-refractivity contribution in [2.45, 2.75) is 31.1 Å². The molecule has 2 aliphatic rings. The zero-order valence-corrected chi connectivity index (χ0v) is 19.5. The standard InChI is InChI=1S/C17H29BN3O8PS/c1-26-10-12-15(29-30(25,31)27-2)11(16(18)28-12)4-3-7-19-17(24)20-8-9-21-13(22)5-6-14(21)23/h5-6,11-12,15-16H,3-4,7-10,18H2,1-2H3,(H,25,31)(H2,19,20,24)/t11-,12+,15?,16+,30?/m0/s1. The van der Waals surface area contributed by atoms with Gasteiger partial charge in [0.2, 0.25) is 0 Å². The first-order valence-electron chi connectivity index (χ1n) is 9.95. The minimum atomic E-state index is -3.37. The highest BCUT2D eigenvalue weighted by Crippen LogP contribution is 2.48. The van der Waals surface area contributed by atoms with Gasteiger partial charge in [-0.3, -0.25) is 14.5 Å². The monoisotopic (exact) mass is 477 g/mol. The van der Waals surface area contributed by atoms with Crippen LogP contribution in [0.2, 0.25) is 0 Å². The normalized spacial score (nSPS) is 27.5. The number of hydrogen-bond donors (Lipinski definition) is 3. The van der Waals surface area contributed by atoms with E-state index in [2.05, 4.69) is 10.6 Å². The number of methoxy groups -OCH3 is 1. The highest BCUT2D eigenvalue weighted by atomic mass is 32.5. The van der Waals surface area contributed by atoms with Crippen LogP contribution in [0.1, 0.15) is 12.8 Å². The molecule has 174 valence electrons. The van der Waals surface area contributed by atoms with Gasteiger partial charge in [0.05, 0.1) is 6.61 Å². The van der Waals surface area contributed by atoms with Crippen molar-refractivity contribution >= 4 is 44.2 Å². The molecule has 0 aromatic carbocycles. The molecule has 0 aromatic rings. The second-order valence-corrected chi connectivity index (χ2v) is 10.1. The third-order valence-corrected chi connectivity index (χ3v) is 6.80. The summed E-state index contributed by atoms with van der Waals surface area (Å²) in [6, 6.07) is -0.534. The quantitative estimate of drug-likeness (QED) is 0.138. The molecular formula is C17H29BN3O8PS. The summed E-state index contributed by atoms with van der Waals surface area (Å²) in [5.41, 5.74) is 0. The van der Waals surface area contributed by atoms with Gasteiger partial charge in [-0.2, -0.15) is 0 Å².